The van der Waals surface area contributed by atoms with Gasteiger partial charge >= 0.3 is 0 Å². The van der Waals surface area contributed by atoms with Gasteiger partial charge in [0.25, 0.3) is 0 Å². The van der Waals surface area contributed by atoms with E-state index in [0.717, 1.165) is 24.4 Å². The Labute approximate surface area is 323 Å². The third-order valence-electron chi connectivity index (χ3n) is 12.3. The lowest BCUT2D eigenvalue weighted by atomic mass is 9.49. The molecule has 11 heteroatoms. The first-order valence-corrected chi connectivity index (χ1v) is 19.3. The van der Waals surface area contributed by atoms with Crippen molar-refractivity contribution in [2.75, 3.05) is 47.6 Å². The number of rotatable bonds is 7. The highest BCUT2D eigenvalue weighted by Crippen LogP contribution is 2.65. The van der Waals surface area contributed by atoms with E-state index in [0.29, 0.717) is 53.8 Å². The van der Waals surface area contributed by atoms with Crippen molar-refractivity contribution >= 4 is 52.3 Å². The molecule has 3 aliphatic heterocycles. The van der Waals surface area contributed by atoms with Gasteiger partial charge in [-0.3, -0.25) is 24.1 Å². The molecular formula is C44H40ClN3O7. The lowest BCUT2D eigenvalue weighted by Crippen LogP contribution is -2.53. The summed E-state index contributed by atoms with van der Waals surface area (Å²) in [5.41, 5.74) is 2.58. The second kappa shape index (κ2) is 13.7. The largest absolute Gasteiger partial charge is 0.504 e. The first-order valence-electron chi connectivity index (χ1n) is 18.9. The molecule has 0 radical (unpaired) electrons. The third-order valence-corrected chi connectivity index (χ3v) is 12.5. The number of carbonyl (C=O) groups is 4. The van der Waals surface area contributed by atoms with Gasteiger partial charge in [-0.05, 0) is 91.4 Å². The van der Waals surface area contributed by atoms with Gasteiger partial charge in [-0.15, -0.1) is 0 Å². The number of hydrogen-bond acceptors (Lipinski definition) is 8. The second-order valence-electron chi connectivity index (χ2n) is 14.9. The maximum atomic E-state index is 15.5. The molecule has 4 amide bonds. The molecule has 55 heavy (non-hydrogen) atoms. The summed E-state index contributed by atoms with van der Waals surface area (Å²) in [4.78, 5) is 64.3. The molecule has 3 heterocycles. The summed E-state index contributed by atoms with van der Waals surface area (Å²) in [6.07, 6.45) is 2.51. The highest BCUT2D eigenvalue weighted by atomic mass is 35.5. The van der Waals surface area contributed by atoms with Crippen molar-refractivity contribution in [2.24, 2.45) is 23.7 Å². The maximum absolute atomic E-state index is 15.5. The molecule has 6 unspecified atom stereocenters. The van der Waals surface area contributed by atoms with Gasteiger partial charge in [-0.25, -0.2) is 4.90 Å². The number of amides is 4. The molecular weight excluding hydrogens is 718 g/mol. The fourth-order valence-electron chi connectivity index (χ4n) is 9.99. The quantitative estimate of drug-likeness (QED) is 0.165. The first-order chi connectivity index (χ1) is 26.7. The number of phenolic OH excluding ortho intramolecular Hbond substituents is 1. The van der Waals surface area contributed by atoms with Crippen LogP contribution >= 0.6 is 11.6 Å². The maximum Gasteiger partial charge on any atom is 0.246 e. The lowest BCUT2D eigenvalue weighted by molar-refractivity contribution is -0.127. The summed E-state index contributed by atoms with van der Waals surface area (Å²) in [6, 6.07) is 28.6. The molecule has 1 saturated carbocycles. The zero-order chi connectivity index (χ0) is 38.0. The van der Waals surface area contributed by atoms with Gasteiger partial charge in [0, 0.05) is 29.7 Å². The number of morpholine rings is 1. The Hall–Kier alpha value is -5.45. The van der Waals surface area contributed by atoms with E-state index in [2.05, 4.69) is 4.90 Å². The van der Waals surface area contributed by atoms with Crippen LogP contribution in [0.4, 0.5) is 17.1 Å². The first kappa shape index (κ1) is 35.3. The van der Waals surface area contributed by atoms with Crippen molar-refractivity contribution in [2.45, 2.75) is 31.1 Å². The Morgan fingerprint density at radius 2 is 1.55 bits per heavy atom. The van der Waals surface area contributed by atoms with Gasteiger partial charge in [-0.2, -0.15) is 0 Å². The molecule has 6 atom stereocenters. The molecule has 3 saturated heterocycles. The smallest absolute Gasteiger partial charge is 0.246 e. The topological polar surface area (TPSA) is 117 Å². The van der Waals surface area contributed by atoms with Crippen LogP contribution in [0.5, 0.6) is 11.5 Å². The van der Waals surface area contributed by atoms with Crippen molar-refractivity contribution in [3.8, 4) is 11.5 Å². The zero-order valence-electron chi connectivity index (χ0n) is 30.3. The highest BCUT2D eigenvalue weighted by molar-refractivity contribution is 6.32. The SMILES string of the molecule is CCOc1cc(C2C3=CCC4C(=O)N(c5ccc(N6CCOCC6)cc5)C(=O)C4C3CC3C(=O)N(c4cccc(Cl)c4)C(=O)C32c2ccccc2)ccc1O. The third kappa shape index (κ3) is 5.40. The van der Waals surface area contributed by atoms with E-state index in [4.69, 9.17) is 21.1 Å². The van der Waals surface area contributed by atoms with Crippen LogP contribution in [0, 0.1) is 23.7 Å². The molecule has 5 aliphatic rings. The highest BCUT2D eigenvalue weighted by Gasteiger charge is 2.70. The van der Waals surface area contributed by atoms with Gasteiger partial charge in [0.2, 0.25) is 23.6 Å². The molecule has 0 aromatic heterocycles. The summed E-state index contributed by atoms with van der Waals surface area (Å²) in [5.74, 6) is -4.71. The summed E-state index contributed by atoms with van der Waals surface area (Å²) < 4.78 is 11.4. The molecule has 2 aliphatic carbocycles. The number of phenols is 1. The van der Waals surface area contributed by atoms with Gasteiger partial charge in [0.15, 0.2) is 11.5 Å². The number of ether oxygens (including phenoxy) is 2. The summed E-state index contributed by atoms with van der Waals surface area (Å²) in [7, 11) is 0. The van der Waals surface area contributed by atoms with Crippen LogP contribution in [0.3, 0.4) is 0 Å². The molecule has 280 valence electrons. The number of anilines is 3. The van der Waals surface area contributed by atoms with Gasteiger partial charge in [0.05, 0.1) is 54.4 Å². The standard InChI is InChI=1S/C44H40ClN3O7/c1-2-55-37-23-26(11-18-36(37)49)39-32-16-17-33-38(42(52)47(40(33)50)30-14-12-29(13-15-30)46-19-21-54-22-20-46)34(32)25-35-41(51)48(31-10-6-9-28(45)24-31)43(53)44(35,39)27-7-4-3-5-8-27/h3-16,18,23-24,33-35,38-39,49H,2,17,19-22,25H2,1H3. The van der Waals surface area contributed by atoms with Crippen molar-refractivity contribution in [3.05, 3.63) is 125 Å². The van der Waals surface area contributed by atoms with E-state index in [-0.39, 0.29) is 29.7 Å². The van der Waals surface area contributed by atoms with Gasteiger partial charge in [0.1, 0.15) is 0 Å². The number of halogens is 1. The van der Waals surface area contributed by atoms with E-state index in [1.807, 2.05) is 67.6 Å². The van der Waals surface area contributed by atoms with Crippen LogP contribution < -0.4 is 19.4 Å². The zero-order valence-corrected chi connectivity index (χ0v) is 31.0. The molecule has 9 rings (SSSR count). The molecule has 0 bridgehead atoms. The van der Waals surface area contributed by atoms with E-state index in [9.17, 15) is 14.7 Å². The number of allylic oxidation sites excluding steroid dienone is 2. The van der Waals surface area contributed by atoms with Crippen molar-refractivity contribution in [1.82, 2.24) is 0 Å². The molecule has 1 N–H and O–H groups in total. The summed E-state index contributed by atoms with van der Waals surface area (Å²) in [6.45, 7) is 4.92. The molecule has 4 aromatic rings. The Kier molecular flexibility index (Phi) is 8.78. The Bertz CT molecular complexity index is 2240. The summed E-state index contributed by atoms with van der Waals surface area (Å²) in [5, 5.41) is 11.2. The number of imide groups is 2. The van der Waals surface area contributed by atoms with E-state index >= 15 is 9.59 Å². The van der Waals surface area contributed by atoms with Crippen LogP contribution in [0.2, 0.25) is 5.02 Å². The van der Waals surface area contributed by atoms with Crippen LogP contribution in [-0.4, -0.2) is 61.6 Å². The molecule has 4 aromatic carbocycles. The number of carbonyl (C=O) groups excluding carboxylic acids is 4. The van der Waals surface area contributed by atoms with Crippen molar-refractivity contribution < 1.29 is 33.8 Å². The number of hydrogen-bond donors (Lipinski definition) is 1. The van der Waals surface area contributed by atoms with Crippen LogP contribution in [0.1, 0.15) is 36.8 Å². The number of benzene rings is 4. The van der Waals surface area contributed by atoms with E-state index in [1.165, 1.54) is 9.80 Å². The van der Waals surface area contributed by atoms with Gasteiger partial charge in [-0.1, -0.05) is 65.7 Å². The second-order valence-corrected chi connectivity index (χ2v) is 15.3. The minimum atomic E-state index is -1.43. The monoisotopic (exact) mass is 757 g/mol. The molecule has 10 nitrogen and oxygen atoms in total. The Balaban J connectivity index is 1.19. The van der Waals surface area contributed by atoms with Crippen molar-refractivity contribution in [1.29, 1.82) is 0 Å². The number of nitrogens with zero attached hydrogens (tertiary/aromatic N) is 3. The van der Waals surface area contributed by atoms with Gasteiger partial charge < -0.3 is 19.5 Å². The predicted molar refractivity (Wildman–Crippen MR) is 207 cm³/mol. The number of aromatic hydroxyl groups is 1. The molecule has 4 fully saturated rings. The average Bonchev–Trinajstić information content (AvgIpc) is 3.60. The van der Waals surface area contributed by atoms with Crippen LogP contribution in [0.15, 0.2) is 109 Å². The van der Waals surface area contributed by atoms with E-state index < -0.39 is 46.8 Å². The fourth-order valence-corrected chi connectivity index (χ4v) is 10.2. The lowest BCUT2D eigenvalue weighted by Gasteiger charge is -2.50. The minimum absolute atomic E-state index is 0.0535. The normalized spacial score (nSPS) is 27.5. The minimum Gasteiger partial charge on any atom is -0.504 e. The van der Waals surface area contributed by atoms with Crippen molar-refractivity contribution in [3.63, 3.8) is 0 Å². The van der Waals surface area contributed by atoms with Crippen LogP contribution in [-0.2, 0) is 29.3 Å². The number of fused-ring (bicyclic) bond motifs is 4. The summed E-state index contributed by atoms with van der Waals surface area (Å²) >= 11 is 6.43. The van der Waals surface area contributed by atoms with E-state index in [1.54, 1.807) is 42.5 Å². The fraction of sp³-hybridized carbons (Fsp3) is 0.318. The van der Waals surface area contributed by atoms with Crippen LogP contribution in [0.25, 0.3) is 0 Å². The predicted octanol–water partition coefficient (Wildman–Crippen LogP) is 6.65. The molecule has 0 spiro atoms. The Morgan fingerprint density at radius 1 is 0.800 bits per heavy atom. The Morgan fingerprint density at radius 3 is 2.27 bits per heavy atom. The average molecular weight is 758 g/mol.